The van der Waals surface area contributed by atoms with Crippen LogP contribution in [0.5, 0.6) is 5.75 Å². The Balaban J connectivity index is 1.81. The van der Waals surface area contributed by atoms with Crippen molar-refractivity contribution in [2.24, 2.45) is 0 Å². The summed E-state index contributed by atoms with van der Waals surface area (Å²) < 4.78 is 7.29. The lowest BCUT2D eigenvalue weighted by Crippen LogP contribution is -2.46. The summed E-state index contributed by atoms with van der Waals surface area (Å²) in [4.78, 5) is 14.8. The summed E-state index contributed by atoms with van der Waals surface area (Å²) in [5.41, 5.74) is 2.18. The van der Waals surface area contributed by atoms with Crippen molar-refractivity contribution in [3.8, 4) is 5.75 Å². The van der Waals surface area contributed by atoms with Crippen LogP contribution < -0.4 is 10.1 Å². The molecule has 1 aromatic heterocycles. The number of carbonyl (C=O) groups excluding carboxylic acids is 1. The maximum absolute atomic E-state index is 12.6. The van der Waals surface area contributed by atoms with Gasteiger partial charge in [0.05, 0.1) is 12.8 Å². The number of fused-ring (bicyclic) bond motifs is 1. The fourth-order valence-corrected chi connectivity index (χ4v) is 3.13. The van der Waals surface area contributed by atoms with Gasteiger partial charge in [0.1, 0.15) is 11.8 Å². The number of nitrogens with one attached hydrogen (secondary N) is 1. The van der Waals surface area contributed by atoms with Gasteiger partial charge in [0.25, 0.3) is 0 Å². The van der Waals surface area contributed by atoms with Gasteiger partial charge in [-0.3, -0.25) is 14.4 Å². The monoisotopic (exact) mass is 328 g/mol. The SMILES string of the molecule is COc1ccccc1CN1Cc2ccnn2[C@@H](C(=O)NC(C)C)C1. The van der Waals surface area contributed by atoms with E-state index in [4.69, 9.17) is 4.74 Å². The van der Waals surface area contributed by atoms with Crippen molar-refractivity contribution < 1.29 is 9.53 Å². The molecule has 2 aromatic rings. The van der Waals surface area contributed by atoms with Gasteiger partial charge in [0.2, 0.25) is 5.91 Å². The van der Waals surface area contributed by atoms with E-state index in [1.807, 2.05) is 42.8 Å². The van der Waals surface area contributed by atoms with Gasteiger partial charge < -0.3 is 10.1 Å². The average Bonchev–Trinajstić information content (AvgIpc) is 3.02. The molecule has 0 bridgehead atoms. The topological polar surface area (TPSA) is 59.4 Å². The number of hydrogen-bond acceptors (Lipinski definition) is 4. The van der Waals surface area contributed by atoms with Gasteiger partial charge in [-0.1, -0.05) is 18.2 Å². The maximum atomic E-state index is 12.6. The molecule has 128 valence electrons. The second kappa shape index (κ2) is 7.05. The molecule has 1 N–H and O–H groups in total. The summed E-state index contributed by atoms with van der Waals surface area (Å²) in [6.07, 6.45) is 1.76. The molecule has 1 aliphatic rings. The van der Waals surface area contributed by atoms with Crippen molar-refractivity contribution in [3.63, 3.8) is 0 Å². The summed E-state index contributed by atoms with van der Waals surface area (Å²) in [6.45, 7) is 6.07. The van der Waals surface area contributed by atoms with E-state index in [0.29, 0.717) is 6.54 Å². The highest BCUT2D eigenvalue weighted by Gasteiger charge is 2.31. The third-order valence-corrected chi connectivity index (χ3v) is 4.18. The van der Waals surface area contributed by atoms with Gasteiger partial charge in [-0.2, -0.15) is 5.10 Å². The van der Waals surface area contributed by atoms with Crippen molar-refractivity contribution in [1.82, 2.24) is 20.0 Å². The van der Waals surface area contributed by atoms with Crippen molar-refractivity contribution in [3.05, 3.63) is 47.8 Å². The van der Waals surface area contributed by atoms with E-state index in [1.54, 1.807) is 13.3 Å². The third-order valence-electron chi connectivity index (χ3n) is 4.18. The van der Waals surface area contributed by atoms with Crippen LogP contribution in [0.4, 0.5) is 0 Å². The minimum Gasteiger partial charge on any atom is -0.496 e. The largest absolute Gasteiger partial charge is 0.496 e. The molecule has 6 nitrogen and oxygen atoms in total. The number of aromatic nitrogens is 2. The predicted molar refractivity (Wildman–Crippen MR) is 91.7 cm³/mol. The Bertz CT molecular complexity index is 711. The normalized spacial score (nSPS) is 17.6. The van der Waals surface area contributed by atoms with Gasteiger partial charge in [-0.25, -0.2) is 0 Å². The van der Waals surface area contributed by atoms with E-state index < -0.39 is 0 Å². The molecule has 0 unspecified atom stereocenters. The first kappa shape index (κ1) is 16.5. The van der Waals surface area contributed by atoms with Gasteiger partial charge in [-0.15, -0.1) is 0 Å². The lowest BCUT2D eigenvalue weighted by molar-refractivity contribution is -0.126. The quantitative estimate of drug-likeness (QED) is 0.912. The number of nitrogens with zero attached hydrogens (tertiary/aromatic N) is 3. The zero-order valence-electron chi connectivity index (χ0n) is 14.4. The van der Waals surface area contributed by atoms with Crippen molar-refractivity contribution in [2.45, 2.75) is 39.0 Å². The molecular weight excluding hydrogens is 304 g/mol. The highest BCUT2D eigenvalue weighted by molar-refractivity contribution is 5.81. The Morgan fingerprint density at radius 2 is 2.17 bits per heavy atom. The molecule has 0 saturated carbocycles. The van der Waals surface area contributed by atoms with E-state index in [1.165, 1.54) is 0 Å². The van der Waals surface area contributed by atoms with Gasteiger partial charge >= 0.3 is 0 Å². The molecule has 3 rings (SSSR count). The van der Waals surface area contributed by atoms with Gasteiger partial charge in [0, 0.05) is 37.4 Å². The standard InChI is InChI=1S/C18H24N4O2/c1-13(2)20-18(23)16-12-21(11-15-8-9-19-22(15)16)10-14-6-4-5-7-17(14)24-3/h4-9,13,16H,10-12H2,1-3H3,(H,20,23)/t16-/m1/s1. The van der Waals surface area contributed by atoms with Crippen LogP contribution in [0, 0.1) is 0 Å². The molecule has 0 spiro atoms. The molecule has 0 aliphatic carbocycles. The molecule has 0 radical (unpaired) electrons. The lowest BCUT2D eigenvalue weighted by atomic mass is 10.1. The molecule has 6 heteroatoms. The van der Waals surface area contributed by atoms with E-state index >= 15 is 0 Å². The highest BCUT2D eigenvalue weighted by Crippen LogP contribution is 2.25. The van der Waals surface area contributed by atoms with E-state index in [-0.39, 0.29) is 18.0 Å². The van der Waals surface area contributed by atoms with E-state index in [0.717, 1.165) is 30.1 Å². The van der Waals surface area contributed by atoms with Crippen LogP contribution in [0.2, 0.25) is 0 Å². The minimum atomic E-state index is -0.305. The zero-order chi connectivity index (χ0) is 17.1. The van der Waals surface area contributed by atoms with Gasteiger partial charge in [0.15, 0.2) is 0 Å². The summed E-state index contributed by atoms with van der Waals surface area (Å²) in [6, 6.07) is 9.79. The first-order valence-corrected chi connectivity index (χ1v) is 8.25. The van der Waals surface area contributed by atoms with Crippen LogP contribution in [0.25, 0.3) is 0 Å². The van der Waals surface area contributed by atoms with Crippen LogP contribution in [-0.4, -0.2) is 40.3 Å². The second-order valence-electron chi connectivity index (χ2n) is 6.43. The molecular formula is C18H24N4O2. The van der Waals surface area contributed by atoms with Gasteiger partial charge in [-0.05, 0) is 26.0 Å². The number of amides is 1. The van der Waals surface area contributed by atoms with Crippen molar-refractivity contribution in [2.75, 3.05) is 13.7 Å². The molecule has 24 heavy (non-hydrogen) atoms. The molecule has 0 saturated heterocycles. The predicted octanol–water partition coefficient (Wildman–Crippen LogP) is 1.97. The van der Waals surface area contributed by atoms with Crippen molar-refractivity contribution in [1.29, 1.82) is 0 Å². The van der Waals surface area contributed by atoms with Crippen LogP contribution in [0.3, 0.4) is 0 Å². The Kier molecular flexibility index (Phi) is 4.85. The number of hydrogen-bond donors (Lipinski definition) is 1. The zero-order valence-corrected chi connectivity index (χ0v) is 14.4. The highest BCUT2D eigenvalue weighted by atomic mass is 16.5. The molecule has 2 heterocycles. The number of ether oxygens (including phenoxy) is 1. The number of carbonyl (C=O) groups is 1. The summed E-state index contributed by atoms with van der Waals surface area (Å²) >= 11 is 0. The van der Waals surface area contributed by atoms with E-state index in [9.17, 15) is 4.79 Å². The minimum absolute atomic E-state index is 0.0136. The Morgan fingerprint density at radius 1 is 1.38 bits per heavy atom. The Hall–Kier alpha value is -2.34. The first-order chi connectivity index (χ1) is 11.6. The number of benzene rings is 1. The Morgan fingerprint density at radius 3 is 2.92 bits per heavy atom. The fraction of sp³-hybridized carbons (Fsp3) is 0.444. The second-order valence-corrected chi connectivity index (χ2v) is 6.43. The van der Waals surface area contributed by atoms with Crippen LogP contribution in [-0.2, 0) is 17.9 Å². The lowest BCUT2D eigenvalue weighted by Gasteiger charge is -2.33. The third kappa shape index (κ3) is 3.43. The molecule has 1 aromatic carbocycles. The van der Waals surface area contributed by atoms with Crippen LogP contribution >= 0.6 is 0 Å². The molecule has 1 aliphatic heterocycles. The first-order valence-electron chi connectivity index (χ1n) is 8.25. The summed E-state index contributed by atoms with van der Waals surface area (Å²) in [5, 5.41) is 7.35. The van der Waals surface area contributed by atoms with Crippen LogP contribution in [0.1, 0.15) is 31.1 Å². The number of para-hydroxylation sites is 1. The van der Waals surface area contributed by atoms with Crippen molar-refractivity contribution >= 4 is 5.91 Å². The fourth-order valence-electron chi connectivity index (χ4n) is 3.13. The summed E-state index contributed by atoms with van der Waals surface area (Å²) in [7, 11) is 1.68. The molecule has 0 fully saturated rings. The molecule has 1 atom stereocenters. The van der Waals surface area contributed by atoms with E-state index in [2.05, 4.69) is 21.4 Å². The average molecular weight is 328 g/mol. The smallest absolute Gasteiger partial charge is 0.246 e. The van der Waals surface area contributed by atoms with Crippen LogP contribution in [0.15, 0.2) is 36.5 Å². The summed E-state index contributed by atoms with van der Waals surface area (Å²) in [5.74, 6) is 0.888. The molecule has 1 amide bonds. The maximum Gasteiger partial charge on any atom is 0.246 e. The number of rotatable bonds is 5. The number of methoxy groups -OCH3 is 1. The Labute approximate surface area is 142 Å².